The van der Waals surface area contributed by atoms with Gasteiger partial charge in [-0.25, -0.2) is 4.98 Å². The van der Waals surface area contributed by atoms with Gasteiger partial charge in [0.2, 0.25) is 6.79 Å². The van der Waals surface area contributed by atoms with Gasteiger partial charge in [0, 0.05) is 12.1 Å². The zero-order valence-electron chi connectivity index (χ0n) is 21.1. The molecule has 1 aliphatic heterocycles. The minimum absolute atomic E-state index is 0.134. The van der Waals surface area contributed by atoms with E-state index in [9.17, 15) is 9.59 Å². The lowest BCUT2D eigenvalue weighted by Crippen LogP contribution is -2.39. The summed E-state index contributed by atoms with van der Waals surface area (Å²) in [6.45, 7) is 4.64. The molecule has 4 aromatic rings. The highest BCUT2D eigenvalue weighted by Crippen LogP contribution is 2.35. The van der Waals surface area contributed by atoms with Gasteiger partial charge in [-0.15, -0.1) is 0 Å². The van der Waals surface area contributed by atoms with Crippen LogP contribution in [0.4, 0.5) is 0 Å². The standard InChI is InChI=1S/C29H29N3O5/c1-4-16-31(28(33)19-14-15-25-26(17-19)37-18-36-25)22(5-2)27-30-21-11-7-6-10-20(21)29(34)32(27)23-12-8-9-13-24(23)35-3/h6-15,17,22H,4-5,16,18H2,1-3H3. The van der Waals surface area contributed by atoms with Crippen molar-refractivity contribution in [2.24, 2.45) is 0 Å². The lowest BCUT2D eigenvalue weighted by atomic mass is 10.1. The zero-order chi connectivity index (χ0) is 25.9. The lowest BCUT2D eigenvalue weighted by Gasteiger charge is -2.32. The molecule has 0 saturated heterocycles. The molecule has 1 aliphatic rings. The van der Waals surface area contributed by atoms with Crippen LogP contribution in [0.25, 0.3) is 16.6 Å². The summed E-state index contributed by atoms with van der Waals surface area (Å²) in [5.41, 5.74) is 1.44. The maximum absolute atomic E-state index is 13.9. The minimum atomic E-state index is -0.472. The van der Waals surface area contributed by atoms with Gasteiger partial charge in [-0.1, -0.05) is 38.1 Å². The van der Waals surface area contributed by atoms with Crippen LogP contribution in [-0.2, 0) is 0 Å². The molecule has 0 saturated carbocycles. The second-order valence-corrected chi connectivity index (χ2v) is 8.79. The van der Waals surface area contributed by atoms with Gasteiger partial charge in [0.05, 0.1) is 29.7 Å². The summed E-state index contributed by atoms with van der Waals surface area (Å²) < 4.78 is 18.1. The van der Waals surface area contributed by atoms with Crippen LogP contribution < -0.4 is 19.8 Å². The number of fused-ring (bicyclic) bond motifs is 2. The number of carbonyl (C=O) groups is 1. The maximum atomic E-state index is 13.9. The van der Waals surface area contributed by atoms with E-state index >= 15 is 0 Å². The predicted octanol–water partition coefficient (Wildman–Crippen LogP) is 5.13. The fourth-order valence-corrected chi connectivity index (χ4v) is 4.80. The minimum Gasteiger partial charge on any atom is -0.495 e. The predicted molar refractivity (Wildman–Crippen MR) is 141 cm³/mol. The Bertz CT molecular complexity index is 1510. The largest absolute Gasteiger partial charge is 0.495 e. The Morgan fingerprint density at radius 1 is 1.05 bits per heavy atom. The molecule has 8 heteroatoms. The van der Waals surface area contributed by atoms with E-state index in [1.807, 2.05) is 56.3 Å². The normalized spacial score (nSPS) is 12.9. The van der Waals surface area contributed by atoms with Crippen LogP contribution in [0.1, 0.15) is 48.9 Å². The molecule has 0 bridgehead atoms. The Labute approximate surface area is 215 Å². The topological polar surface area (TPSA) is 82.9 Å². The van der Waals surface area contributed by atoms with Crippen molar-refractivity contribution in [3.8, 4) is 22.9 Å². The van der Waals surface area contributed by atoms with Crippen molar-refractivity contribution < 1.29 is 19.0 Å². The second-order valence-electron chi connectivity index (χ2n) is 8.79. The fraction of sp³-hybridized carbons (Fsp3) is 0.276. The number of rotatable bonds is 8. The van der Waals surface area contributed by atoms with Crippen molar-refractivity contribution in [1.82, 2.24) is 14.5 Å². The number of amides is 1. The average Bonchev–Trinajstić information content (AvgIpc) is 3.41. The van der Waals surface area contributed by atoms with Crippen molar-refractivity contribution in [2.45, 2.75) is 32.7 Å². The highest BCUT2D eigenvalue weighted by Gasteiger charge is 2.30. The SMILES string of the molecule is CCCN(C(=O)c1ccc2c(c1)OCO2)C(CC)c1nc2ccccc2c(=O)n1-c1ccccc1OC. The number of methoxy groups -OCH3 is 1. The molecule has 37 heavy (non-hydrogen) atoms. The Kier molecular flexibility index (Phi) is 6.81. The van der Waals surface area contributed by atoms with Crippen molar-refractivity contribution in [3.05, 3.63) is 88.5 Å². The van der Waals surface area contributed by atoms with Crippen molar-refractivity contribution in [2.75, 3.05) is 20.4 Å². The van der Waals surface area contributed by atoms with E-state index in [1.54, 1.807) is 40.8 Å². The molecule has 0 spiro atoms. The highest BCUT2D eigenvalue weighted by atomic mass is 16.7. The quantitative estimate of drug-likeness (QED) is 0.334. The molecule has 1 atom stereocenters. The van der Waals surface area contributed by atoms with Gasteiger partial charge in [0.1, 0.15) is 11.6 Å². The molecule has 1 amide bonds. The van der Waals surface area contributed by atoms with Crippen LogP contribution in [0.5, 0.6) is 17.2 Å². The molecule has 5 rings (SSSR count). The van der Waals surface area contributed by atoms with Crippen LogP contribution in [0.3, 0.4) is 0 Å². The van der Waals surface area contributed by atoms with Crippen LogP contribution in [0.2, 0.25) is 0 Å². The first-order chi connectivity index (χ1) is 18.1. The molecule has 190 valence electrons. The number of aromatic nitrogens is 2. The van der Waals surface area contributed by atoms with Crippen LogP contribution in [0, 0.1) is 0 Å². The van der Waals surface area contributed by atoms with E-state index in [4.69, 9.17) is 19.2 Å². The van der Waals surface area contributed by atoms with E-state index in [0.29, 0.717) is 58.2 Å². The van der Waals surface area contributed by atoms with Gasteiger partial charge >= 0.3 is 0 Å². The monoisotopic (exact) mass is 499 g/mol. The number of ether oxygens (including phenoxy) is 3. The molecular weight excluding hydrogens is 470 g/mol. The number of hydrogen-bond acceptors (Lipinski definition) is 6. The van der Waals surface area contributed by atoms with Gasteiger partial charge in [-0.05, 0) is 55.3 Å². The Morgan fingerprint density at radius 3 is 2.59 bits per heavy atom. The highest BCUT2D eigenvalue weighted by molar-refractivity contribution is 5.95. The summed E-state index contributed by atoms with van der Waals surface area (Å²) in [5.74, 6) is 2.03. The smallest absolute Gasteiger partial charge is 0.266 e. The number of para-hydroxylation sites is 3. The Hall–Kier alpha value is -4.33. The third-order valence-corrected chi connectivity index (χ3v) is 6.53. The lowest BCUT2D eigenvalue weighted by molar-refractivity contribution is 0.0659. The molecule has 0 fully saturated rings. The molecule has 3 aromatic carbocycles. The first-order valence-electron chi connectivity index (χ1n) is 12.4. The molecule has 8 nitrogen and oxygen atoms in total. The Morgan fingerprint density at radius 2 is 1.81 bits per heavy atom. The van der Waals surface area contributed by atoms with Gasteiger partial charge in [0.25, 0.3) is 11.5 Å². The van der Waals surface area contributed by atoms with E-state index in [2.05, 4.69) is 0 Å². The van der Waals surface area contributed by atoms with Crippen LogP contribution >= 0.6 is 0 Å². The van der Waals surface area contributed by atoms with E-state index < -0.39 is 6.04 Å². The molecular formula is C29H29N3O5. The molecule has 0 radical (unpaired) electrons. The molecule has 0 N–H and O–H groups in total. The van der Waals surface area contributed by atoms with Gasteiger partial charge in [-0.2, -0.15) is 0 Å². The van der Waals surface area contributed by atoms with Gasteiger partial charge in [0.15, 0.2) is 11.5 Å². The first-order valence-corrected chi connectivity index (χ1v) is 12.4. The Balaban J connectivity index is 1.70. The van der Waals surface area contributed by atoms with Crippen molar-refractivity contribution in [3.63, 3.8) is 0 Å². The van der Waals surface area contributed by atoms with Crippen molar-refractivity contribution >= 4 is 16.8 Å². The second kappa shape index (κ2) is 10.3. The number of nitrogens with zero attached hydrogens (tertiary/aromatic N) is 3. The fourth-order valence-electron chi connectivity index (χ4n) is 4.80. The number of hydrogen-bond donors (Lipinski definition) is 0. The molecule has 0 aliphatic carbocycles. The summed E-state index contributed by atoms with van der Waals surface area (Å²) in [6, 6.07) is 19.3. The van der Waals surface area contributed by atoms with Crippen LogP contribution in [-0.4, -0.2) is 40.8 Å². The summed E-state index contributed by atoms with van der Waals surface area (Å²) in [7, 11) is 1.57. The van der Waals surface area contributed by atoms with E-state index in [-0.39, 0.29) is 18.3 Å². The third-order valence-electron chi connectivity index (χ3n) is 6.53. The summed E-state index contributed by atoms with van der Waals surface area (Å²) in [6.07, 6.45) is 1.29. The van der Waals surface area contributed by atoms with Crippen LogP contribution in [0.15, 0.2) is 71.5 Å². The summed E-state index contributed by atoms with van der Waals surface area (Å²) >= 11 is 0. The average molecular weight is 500 g/mol. The number of benzene rings is 3. The van der Waals surface area contributed by atoms with E-state index in [1.165, 1.54) is 0 Å². The molecule has 1 unspecified atom stereocenters. The molecule has 1 aromatic heterocycles. The van der Waals surface area contributed by atoms with Gasteiger partial charge in [-0.3, -0.25) is 14.2 Å². The van der Waals surface area contributed by atoms with Crippen molar-refractivity contribution in [1.29, 1.82) is 0 Å². The summed E-state index contributed by atoms with van der Waals surface area (Å²) in [4.78, 5) is 34.6. The van der Waals surface area contributed by atoms with E-state index in [0.717, 1.165) is 6.42 Å². The maximum Gasteiger partial charge on any atom is 0.266 e. The summed E-state index contributed by atoms with van der Waals surface area (Å²) in [5, 5.41) is 0.496. The number of carbonyl (C=O) groups excluding carboxylic acids is 1. The first kappa shape index (κ1) is 24.4. The van der Waals surface area contributed by atoms with Gasteiger partial charge < -0.3 is 19.1 Å². The molecule has 2 heterocycles. The third kappa shape index (κ3) is 4.39. The zero-order valence-corrected chi connectivity index (χ0v) is 21.1.